The summed E-state index contributed by atoms with van der Waals surface area (Å²) < 4.78 is 19.4. The molecular weight excluding hydrogens is 437 g/mol. The van der Waals surface area contributed by atoms with E-state index in [4.69, 9.17) is 10.6 Å². The highest BCUT2D eigenvalue weighted by Gasteiger charge is 2.39. The predicted octanol–water partition coefficient (Wildman–Crippen LogP) is 4.57. The van der Waals surface area contributed by atoms with Crippen LogP contribution in [0.3, 0.4) is 0 Å². The van der Waals surface area contributed by atoms with Crippen molar-refractivity contribution in [2.45, 2.75) is 38.7 Å². The lowest BCUT2D eigenvalue weighted by molar-refractivity contribution is -0.158. The molecule has 3 N–H and O–H groups in total. The average Bonchev–Trinajstić information content (AvgIpc) is 3.29. The number of rotatable bonds is 5. The number of aromatic nitrogens is 4. The Balaban J connectivity index is 1.23. The molecule has 3 aromatic heterocycles. The van der Waals surface area contributed by atoms with Gasteiger partial charge in [-0.15, -0.1) is 0 Å². The summed E-state index contributed by atoms with van der Waals surface area (Å²) in [6, 6.07) is 12.0. The molecule has 0 atom stereocenters. The Bertz CT molecular complexity index is 1310. The van der Waals surface area contributed by atoms with E-state index in [1.807, 2.05) is 31.2 Å². The van der Waals surface area contributed by atoms with Gasteiger partial charge in [0.25, 0.3) is 0 Å². The van der Waals surface area contributed by atoms with Crippen LogP contribution in [0.25, 0.3) is 33.7 Å². The lowest BCUT2D eigenvalue weighted by Crippen LogP contribution is -2.38. The topological polar surface area (TPSA) is 116 Å². The van der Waals surface area contributed by atoms with Crippen molar-refractivity contribution in [3.63, 3.8) is 0 Å². The van der Waals surface area contributed by atoms with Crippen molar-refractivity contribution in [2.24, 2.45) is 11.3 Å². The number of hydrogen-bond donors (Lipinski definition) is 2. The summed E-state index contributed by atoms with van der Waals surface area (Å²) in [6.45, 7) is 1.87. The molecule has 9 heteroatoms. The van der Waals surface area contributed by atoms with Crippen LogP contribution >= 0.6 is 0 Å². The zero-order chi connectivity index (χ0) is 23.7. The summed E-state index contributed by atoms with van der Waals surface area (Å²) in [5.74, 6) is 5.53. The first-order valence-electron chi connectivity index (χ1n) is 11.1. The minimum Gasteiger partial charge on any atom is -0.474 e. The van der Waals surface area contributed by atoms with Crippen molar-refractivity contribution in [3.05, 3.63) is 60.7 Å². The van der Waals surface area contributed by atoms with Crippen LogP contribution in [0.1, 0.15) is 32.6 Å². The number of H-pyrrole nitrogens is 1. The molecule has 0 spiro atoms. The SMILES string of the molecule is C[C@]1(C(=O)ON)CC[C@H](Oc2ccc(-c3ccc(-c4nc5ccc(F)cc5[nH]4)cn3)cn2)CC1. The van der Waals surface area contributed by atoms with E-state index in [2.05, 4.69) is 24.8 Å². The number of carbonyl (C=O) groups is 1. The molecule has 8 nitrogen and oxygen atoms in total. The van der Waals surface area contributed by atoms with Crippen molar-refractivity contribution in [3.8, 4) is 28.5 Å². The molecule has 0 amide bonds. The van der Waals surface area contributed by atoms with Gasteiger partial charge in [0.05, 0.1) is 22.1 Å². The zero-order valence-electron chi connectivity index (χ0n) is 18.6. The molecule has 0 unspecified atom stereocenters. The number of carbonyl (C=O) groups excluding carboxylic acids is 1. The molecule has 0 radical (unpaired) electrons. The molecule has 1 saturated carbocycles. The van der Waals surface area contributed by atoms with Gasteiger partial charge in [-0.25, -0.2) is 19.2 Å². The van der Waals surface area contributed by atoms with Crippen LogP contribution < -0.4 is 10.6 Å². The molecule has 0 aliphatic heterocycles. The standard InChI is InChI=1S/C25H24FN5O3/c1-25(24(32)34-27)10-8-18(9-11-25)33-22-7-3-15(13-29-22)19-5-2-16(14-28-19)23-30-20-6-4-17(26)12-21(20)31-23/h2-7,12-14,18H,8-11,27H2,1H3,(H,30,31)/t18-,25-. The highest BCUT2D eigenvalue weighted by Crippen LogP contribution is 2.38. The minimum atomic E-state index is -0.553. The number of fused-ring (bicyclic) bond motifs is 1. The molecule has 0 saturated heterocycles. The summed E-state index contributed by atoms with van der Waals surface area (Å²) in [5.41, 5.74) is 3.20. The first kappa shape index (κ1) is 22.0. The van der Waals surface area contributed by atoms with Crippen LogP contribution in [0.4, 0.5) is 4.39 Å². The third-order valence-electron chi connectivity index (χ3n) is 6.44. The van der Waals surface area contributed by atoms with Gasteiger partial charge in [0.15, 0.2) is 0 Å². The van der Waals surface area contributed by atoms with E-state index >= 15 is 0 Å². The Morgan fingerprint density at radius 3 is 2.53 bits per heavy atom. The zero-order valence-corrected chi connectivity index (χ0v) is 18.6. The number of pyridine rings is 2. The van der Waals surface area contributed by atoms with E-state index in [0.717, 1.165) is 29.7 Å². The molecule has 0 bridgehead atoms. The van der Waals surface area contributed by atoms with Gasteiger partial charge >= 0.3 is 5.97 Å². The van der Waals surface area contributed by atoms with Crippen molar-refractivity contribution >= 4 is 17.0 Å². The molecule has 1 aliphatic rings. The van der Waals surface area contributed by atoms with Crippen molar-refractivity contribution in [1.29, 1.82) is 0 Å². The Kier molecular flexibility index (Phi) is 5.70. The van der Waals surface area contributed by atoms with Gasteiger partial charge in [-0.05, 0) is 69.0 Å². The number of imidazole rings is 1. The van der Waals surface area contributed by atoms with Crippen LogP contribution in [-0.4, -0.2) is 32.0 Å². The number of nitrogens with one attached hydrogen (secondary N) is 1. The highest BCUT2D eigenvalue weighted by atomic mass is 19.1. The second kappa shape index (κ2) is 8.83. The fourth-order valence-electron chi connectivity index (χ4n) is 4.29. The van der Waals surface area contributed by atoms with Crippen molar-refractivity contribution < 1.29 is 18.8 Å². The molecule has 1 aromatic carbocycles. The number of hydrogen-bond acceptors (Lipinski definition) is 7. The van der Waals surface area contributed by atoms with E-state index in [9.17, 15) is 9.18 Å². The second-order valence-corrected chi connectivity index (χ2v) is 8.85. The second-order valence-electron chi connectivity index (χ2n) is 8.85. The molecule has 1 aliphatic carbocycles. The number of halogens is 1. The summed E-state index contributed by atoms with van der Waals surface area (Å²) in [4.78, 5) is 32.9. The summed E-state index contributed by atoms with van der Waals surface area (Å²) in [6.07, 6.45) is 6.20. The molecule has 1 fully saturated rings. The fourth-order valence-corrected chi connectivity index (χ4v) is 4.29. The Labute approximate surface area is 195 Å². The number of benzene rings is 1. The smallest absolute Gasteiger partial charge is 0.330 e. The first-order valence-corrected chi connectivity index (χ1v) is 11.1. The van der Waals surface area contributed by atoms with Gasteiger partial charge in [0.2, 0.25) is 5.88 Å². The van der Waals surface area contributed by atoms with Gasteiger partial charge in [0, 0.05) is 29.6 Å². The number of nitrogens with two attached hydrogens (primary N) is 1. The fraction of sp³-hybridized carbons (Fsp3) is 0.280. The summed E-state index contributed by atoms with van der Waals surface area (Å²) in [5, 5.41) is 0. The Morgan fingerprint density at radius 2 is 1.85 bits per heavy atom. The van der Waals surface area contributed by atoms with Gasteiger partial charge in [-0.3, -0.25) is 4.98 Å². The van der Waals surface area contributed by atoms with Crippen LogP contribution in [0, 0.1) is 11.2 Å². The summed E-state index contributed by atoms with van der Waals surface area (Å²) >= 11 is 0. The predicted molar refractivity (Wildman–Crippen MR) is 124 cm³/mol. The maximum atomic E-state index is 13.4. The van der Waals surface area contributed by atoms with Gasteiger partial charge < -0.3 is 14.6 Å². The normalized spacial score (nSPS) is 20.3. The molecule has 3 heterocycles. The molecule has 34 heavy (non-hydrogen) atoms. The van der Waals surface area contributed by atoms with Crippen LogP contribution in [0.15, 0.2) is 54.9 Å². The summed E-state index contributed by atoms with van der Waals surface area (Å²) in [7, 11) is 0. The number of nitrogens with zero attached hydrogens (tertiary/aromatic N) is 3. The van der Waals surface area contributed by atoms with Crippen LogP contribution in [0.5, 0.6) is 5.88 Å². The highest BCUT2D eigenvalue weighted by molar-refractivity contribution is 5.79. The largest absolute Gasteiger partial charge is 0.474 e. The molecule has 5 rings (SSSR count). The number of aromatic amines is 1. The molecule has 174 valence electrons. The van der Waals surface area contributed by atoms with Gasteiger partial charge in [-0.2, -0.15) is 5.90 Å². The van der Waals surface area contributed by atoms with Crippen LogP contribution in [-0.2, 0) is 9.63 Å². The van der Waals surface area contributed by atoms with E-state index in [1.54, 1.807) is 18.5 Å². The van der Waals surface area contributed by atoms with Crippen molar-refractivity contribution in [1.82, 2.24) is 19.9 Å². The minimum absolute atomic E-state index is 0.00769. The number of ether oxygens (including phenoxy) is 1. The molecular formula is C25H24FN5O3. The maximum absolute atomic E-state index is 13.4. The van der Waals surface area contributed by atoms with E-state index < -0.39 is 5.41 Å². The first-order chi connectivity index (χ1) is 16.4. The van der Waals surface area contributed by atoms with Gasteiger partial charge in [0.1, 0.15) is 17.7 Å². The molecule has 4 aromatic rings. The van der Waals surface area contributed by atoms with E-state index in [-0.39, 0.29) is 17.9 Å². The quantitative estimate of drug-likeness (QED) is 0.418. The van der Waals surface area contributed by atoms with E-state index in [0.29, 0.717) is 35.6 Å². The van der Waals surface area contributed by atoms with E-state index in [1.165, 1.54) is 12.1 Å². The Hall–Kier alpha value is -3.85. The van der Waals surface area contributed by atoms with Gasteiger partial charge in [-0.1, -0.05) is 0 Å². The third-order valence-corrected chi connectivity index (χ3v) is 6.44. The Morgan fingerprint density at radius 1 is 1.09 bits per heavy atom. The lowest BCUT2D eigenvalue weighted by Gasteiger charge is -2.34. The maximum Gasteiger partial charge on any atom is 0.330 e. The van der Waals surface area contributed by atoms with Crippen LogP contribution in [0.2, 0.25) is 0 Å². The average molecular weight is 461 g/mol. The lowest BCUT2D eigenvalue weighted by atomic mass is 9.75. The third kappa shape index (κ3) is 4.34. The van der Waals surface area contributed by atoms with Crippen molar-refractivity contribution in [2.75, 3.05) is 0 Å². The monoisotopic (exact) mass is 461 g/mol.